The van der Waals surface area contributed by atoms with Crippen LogP contribution in [0, 0.1) is 0 Å². The van der Waals surface area contributed by atoms with Crippen LogP contribution in [0.15, 0.2) is 17.2 Å². The third-order valence-electron chi connectivity index (χ3n) is 1.28. The standard InChI is InChI=1S/C6H5Cl2NO3S/c1-12-6-5(7)4(2-3-9-6)13(8,10)11/h2-3H,1H3. The van der Waals surface area contributed by atoms with Crippen LogP contribution in [0.5, 0.6) is 5.88 Å². The van der Waals surface area contributed by atoms with Crippen molar-refractivity contribution in [3.63, 3.8) is 0 Å². The first kappa shape index (κ1) is 10.6. The quantitative estimate of drug-likeness (QED) is 0.740. The third-order valence-corrected chi connectivity index (χ3v) is 3.12. The molecule has 1 aromatic heterocycles. The minimum absolute atomic E-state index is 0.0309. The Balaban J connectivity index is 3.41. The van der Waals surface area contributed by atoms with Crippen LogP contribution in [0.3, 0.4) is 0 Å². The highest BCUT2D eigenvalue weighted by Gasteiger charge is 2.18. The fourth-order valence-electron chi connectivity index (χ4n) is 0.739. The molecule has 13 heavy (non-hydrogen) atoms. The first-order valence-electron chi connectivity index (χ1n) is 3.10. The third kappa shape index (κ3) is 2.24. The zero-order valence-electron chi connectivity index (χ0n) is 6.49. The first-order chi connectivity index (χ1) is 5.96. The molecule has 0 amide bonds. The van der Waals surface area contributed by atoms with Crippen LogP contribution in [-0.2, 0) is 9.05 Å². The monoisotopic (exact) mass is 241 g/mol. The van der Waals surface area contributed by atoms with Gasteiger partial charge in [0, 0.05) is 16.9 Å². The lowest BCUT2D eigenvalue weighted by Gasteiger charge is -2.03. The van der Waals surface area contributed by atoms with E-state index in [-0.39, 0.29) is 15.8 Å². The van der Waals surface area contributed by atoms with Gasteiger partial charge in [0.05, 0.1) is 7.11 Å². The van der Waals surface area contributed by atoms with Crippen molar-refractivity contribution in [2.75, 3.05) is 7.11 Å². The van der Waals surface area contributed by atoms with Gasteiger partial charge in [-0.2, -0.15) is 0 Å². The average molecular weight is 242 g/mol. The van der Waals surface area contributed by atoms with E-state index in [4.69, 9.17) is 27.0 Å². The first-order valence-corrected chi connectivity index (χ1v) is 5.78. The van der Waals surface area contributed by atoms with E-state index in [0.29, 0.717) is 0 Å². The van der Waals surface area contributed by atoms with E-state index in [1.807, 2.05) is 0 Å². The number of ether oxygens (including phenoxy) is 1. The van der Waals surface area contributed by atoms with Gasteiger partial charge in [0.1, 0.15) is 9.92 Å². The van der Waals surface area contributed by atoms with Crippen LogP contribution < -0.4 is 4.74 Å². The largest absolute Gasteiger partial charge is 0.480 e. The molecule has 4 nitrogen and oxygen atoms in total. The van der Waals surface area contributed by atoms with E-state index in [1.54, 1.807) is 0 Å². The van der Waals surface area contributed by atoms with Crippen molar-refractivity contribution in [2.24, 2.45) is 0 Å². The molecule has 7 heteroatoms. The summed E-state index contributed by atoms with van der Waals surface area (Å²) in [5.41, 5.74) is 0. The topological polar surface area (TPSA) is 56.3 Å². The van der Waals surface area contributed by atoms with Crippen LogP contribution in [-0.4, -0.2) is 20.5 Å². The molecule has 1 rings (SSSR count). The van der Waals surface area contributed by atoms with Gasteiger partial charge in [-0.1, -0.05) is 11.6 Å². The molecule has 1 aromatic rings. The number of hydrogen-bond acceptors (Lipinski definition) is 4. The van der Waals surface area contributed by atoms with Gasteiger partial charge >= 0.3 is 0 Å². The summed E-state index contributed by atoms with van der Waals surface area (Å²) in [7, 11) is 2.58. The van der Waals surface area contributed by atoms with E-state index in [1.165, 1.54) is 19.4 Å². The van der Waals surface area contributed by atoms with Crippen molar-refractivity contribution in [2.45, 2.75) is 4.90 Å². The van der Waals surface area contributed by atoms with Crippen molar-refractivity contribution in [1.29, 1.82) is 0 Å². The lowest BCUT2D eigenvalue weighted by Crippen LogP contribution is -1.96. The highest BCUT2D eigenvalue weighted by molar-refractivity contribution is 8.13. The Bertz CT molecular complexity index is 418. The lowest BCUT2D eigenvalue weighted by molar-refractivity contribution is 0.396. The fraction of sp³-hybridized carbons (Fsp3) is 0.167. The molecule has 0 bridgehead atoms. The second kappa shape index (κ2) is 3.69. The van der Waals surface area contributed by atoms with E-state index in [2.05, 4.69) is 4.98 Å². The van der Waals surface area contributed by atoms with Crippen molar-refractivity contribution in [1.82, 2.24) is 4.98 Å². The summed E-state index contributed by atoms with van der Waals surface area (Å²) in [5.74, 6) is 0.0309. The van der Waals surface area contributed by atoms with Crippen LogP contribution in [0.25, 0.3) is 0 Å². The molecule has 0 radical (unpaired) electrons. The van der Waals surface area contributed by atoms with Crippen LogP contribution >= 0.6 is 22.3 Å². The summed E-state index contributed by atoms with van der Waals surface area (Å²) in [6.45, 7) is 0. The summed E-state index contributed by atoms with van der Waals surface area (Å²) in [5, 5.41) is -0.111. The van der Waals surface area contributed by atoms with Crippen molar-refractivity contribution < 1.29 is 13.2 Å². The second-order valence-electron chi connectivity index (χ2n) is 2.07. The predicted octanol–water partition coefficient (Wildman–Crippen LogP) is 1.67. The van der Waals surface area contributed by atoms with E-state index < -0.39 is 9.05 Å². The summed E-state index contributed by atoms with van der Waals surface area (Å²) in [6.07, 6.45) is 1.25. The van der Waals surface area contributed by atoms with Crippen LogP contribution in [0.1, 0.15) is 0 Å². The molecular formula is C6H5Cl2NO3S. The van der Waals surface area contributed by atoms with Crippen molar-refractivity contribution in [3.8, 4) is 5.88 Å². The zero-order chi connectivity index (χ0) is 10.1. The Hall–Kier alpha value is -0.520. The number of pyridine rings is 1. The fourth-order valence-corrected chi connectivity index (χ4v) is 2.26. The minimum Gasteiger partial charge on any atom is -0.480 e. The summed E-state index contributed by atoms with van der Waals surface area (Å²) in [6, 6.07) is 1.20. The van der Waals surface area contributed by atoms with Gasteiger partial charge in [0.15, 0.2) is 0 Å². The maximum atomic E-state index is 10.9. The van der Waals surface area contributed by atoms with Gasteiger partial charge in [0.2, 0.25) is 5.88 Å². The molecule has 0 unspecified atom stereocenters. The smallest absolute Gasteiger partial charge is 0.263 e. The Morgan fingerprint density at radius 3 is 2.62 bits per heavy atom. The Kier molecular flexibility index (Phi) is 3.00. The number of hydrogen-bond donors (Lipinski definition) is 0. The molecule has 0 aromatic carbocycles. The van der Waals surface area contributed by atoms with Gasteiger partial charge in [-0.25, -0.2) is 13.4 Å². The van der Waals surface area contributed by atoms with Crippen molar-refractivity contribution in [3.05, 3.63) is 17.3 Å². The average Bonchev–Trinajstić information content (AvgIpc) is 2.02. The van der Waals surface area contributed by atoms with Gasteiger partial charge in [0.25, 0.3) is 9.05 Å². The van der Waals surface area contributed by atoms with Crippen molar-refractivity contribution >= 4 is 31.3 Å². The number of nitrogens with zero attached hydrogens (tertiary/aromatic N) is 1. The summed E-state index contributed by atoms with van der Waals surface area (Å²) < 4.78 is 26.6. The molecule has 0 N–H and O–H groups in total. The van der Waals surface area contributed by atoms with Gasteiger partial charge in [-0.3, -0.25) is 0 Å². The van der Waals surface area contributed by atoms with E-state index in [9.17, 15) is 8.42 Å². The molecule has 0 aliphatic carbocycles. The number of rotatable bonds is 2. The zero-order valence-corrected chi connectivity index (χ0v) is 8.82. The van der Waals surface area contributed by atoms with E-state index in [0.717, 1.165) is 0 Å². The SMILES string of the molecule is COc1nccc(S(=O)(=O)Cl)c1Cl. The molecule has 1 heterocycles. The summed E-state index contributed by atoms with van der Waals surface area (Å²) in [4.78, 5) is 3.49. The Morgan fingerprint density at radius 2 is 2.15 bits per heavy atom. The maximum Gasteiger partial charge on any atom is 0.263 e. The second-order valence-corrected chi connectivity index (χ2v) is 4.98. The lowest BCUT2D eigenvalue weighted by atomic mass is 10.5. The van der Waals surface area contributed by atoms with Crippen LogP contribution in [0.4, 0.5) is 0 Å². The highest BCUT2D eigenvalue weighted by atomic mass is 35.7. The predicted molar refractivity (Wildman–Crippen MR) is 48.8 cm³/mol. The number of methoxy groups -OCH3 is 1. The van der Waals surface area contributed by atoms with E-state index >= 15 is 0 Å². The molecule has 72 valence electrons. The Labute approximate surface area is 84.9 Å². The molecule has 0 spiro atoms. The van der Waals surface area contributed by atoms with Crippen LogP contribution in [0.2, 0.25) is 5.02 Å². The van der Waals surface area contributed by atoms with Gasteiger partial charge in [-0.15, -0.1) is 0 Å². The highest BCUT2D eigenvalue weighted by Crippen LogP contribution is 2.30. The normalized spacial score (nSPS) is 11.3. The Morgan fingerprint density at radius 1 is 1.54 bits per heavy atom. The van der Waals surface area contributed by atoms with Gasteiger partial charge < -0.3 is 4.74 Å². The maximum absolute atomic E-state index is 10.9. The summed E-state index contributed by atoms with van der Waals surface area (Å²) >= 11 is 5.64. The van der Waals surface area contributed by atoms with Gasteiger partial charge in [-0.05, 0) is 6.07 Å². The molecule has 0 fully saturated rings. The number of aromatic nitrogens is 1. The molecular weight excluding hydrogens is 237 g/mol. The molecule has 0 aliphatic rings. The number of halogens is 2. The molecule has 0 atom stereocenters. The molecule has 0 aliphatic heterocycles. The molecule has 0 saturated carbocycles. The minimum atomic E-state index is -3.85. The molecule has 0 saturated heterocycles.